The average molecular weight is 481 g/mol. The molecule has 0 aliphatic carbocycles. The number of piperazine rings is 1. The summed E-state index contributed by atoms with van der Waals surface area (Å²) in [5.41, 5.74) is 0. The van der Waals surface area contributed by atoms with Crippen molar-refractivity contribution in [3.8, 4) is 0 Å². The van der Waals surface area contributed by atoms with Crippen LogP contribution in [0.5, 0.6) is 0 Å². The Labute approximate surface area is 190 Å². The van der Waals surface area contributed by atoms with Crippen molar-refractivity contribution in [2.45, 2.75) is 22.8 Å². The van der Waals surface area contributed by atoms with Crippen molar-refractivity contribution in [3.05, 3.63) is 40.7 Å². The van der Waals surface area contributed by atoms with Gasteiger partial charge in [0.25, 0.3) is 5.91 Å². The number of hydrogen-bond acceptors (Lipinski definition) is 7. The quantitative estimate of drug-likeness (QED) is 0.588. The molecule has 8 nitrogen and oxygen atoms in total. The number of aromatic nitrogens is 1. The molecule has 0 N–H and O–H groups in total. The lowest BCUT2D eigenvalue weighted by Gasteiger charge is -2.34. The fourth-order valence-electron chi connectivity index (χ4n) is 3.62. The summed E-state index contributed by atoms with van der Waals surface area (Å²) in [6, 6.07) is 6.88. The molecule has 0 atom stereocenters. The first-order chi connectivity index (χ1) is 14.9. The van der Waals surface area contributed by atoms with E-state index >= 15 is 0 Å². The topological polar surface area (TPSA) is 90.9 Å². The number of hydrogen-bond donors (Lipinski definition) is 0. The number of thiophene rings is 1. The van der Waals surface area contributed by atoms with Gasteiger partial charge in [-0.25, -0.2) is 13.4 Å². The molecule has 31 heavy (non-hydrogen) atoms. The van der Waals surface area contributed by atoms with Crippen LogP contribution in [0.4, 0.5) is 0 Å². The molecule has 0 spiro atoms. The number of carbonyl (C=O) groups is 2. The van der Waals surface area contributed by atoms with E-state index in [1.54, 1.807) is 21.9 Å². The van der Waals surface area contributed by atoms with E-state index in [2.05, 4.69) is 4.98 Å². The smallest absolute Gasteiger partial charge is 0.264 e. The summed E-state index contributed by atoms with van der Waals surface area (Å²) in [6.07, 6.45) is 3.15. The molecule has 0 aromatic carbocycles. The van der Waals surface area contributed by atoms with E-state index < -0.39 is 10.0 Å². The number of nitrogens with zero attached hydrogens (tertiary/aromatic N) is 4. The maximum atomic E-state index is 12.6. The van der Waals surface area contributed by atoms with Gasteiger partial charge < -0.3 is 9.80 Å². The number of carbonyl (C=O) groups excluding carboxylic acids is 2. The molecule has 166 valence electrons. The van der Waals surface area contributed by atoms with Gasteiger partial charge in [0.15, 0.2) is 0 Å². The van der Waals surface area contributed by atoms with Gasteiger partial charge >= 0.3 is 0 Å². The lowest BCUT2D eigenvalue weighted by Crippen LogP contribution is -2.51. The first-order valence-electron chi connectivity index (χ1n) is 10.1. The van der Waals surface area contributed by atoms with Crippen LogP contribution in [0.15, 0.2) is 45.8 Å². The molecular formula is C20H24N4O4S3. The standard InChI is InChI=1S/C20H24N4O4S3/c25-19(22-9-11-23(12-10-22)20(26)17-4-3-13-29-17)15-30-18-6-5-16(14-21-18)31(27,28)24-7-1-2-8-24/h3-6,13-14H,1-2,7-12,15H2. The molecule has 4 heterocycles. The van der Waals surface area contributed by atoms with Crippen molar-refractivity contribution in [2.24, 2.45) is 0 Å². The van der Waals surface area contributed by atoms with E-state index in [0.717, 1.165) is 17.7 Å². The van der Waals surface area contributed by atoms with Gasteiger partial charge in [-0.2, -0.15) is 4.31 Å². The molecule has 0 saturated carbocycles. The highest BCUT2D eigenvalue weighted by Crippen LogP contribution is 2.23. The molecule has 2 aromatic rings. The highest BCUT2D eigenvalue weighted by molar-refractivity contribution is 7.99. The van der Waals surface area contributed by atoms with Gasteiger partial charge in [-0.3, -0.25) is 9.59 Å². The molecule has 11 heteroatoms. The number of sulfonamides is 1. The van der Waals surface area contributed by atoms with Crippen LogP contribution in [0.1, 0.15) is 22.5 Å². The van der Waals surface area contributed by atoms with Crippen molar-refractivity contribution < 1.29 is 18.0 Å². The predicted octanol–water partition coefficient (Wildman–Crippen LogP) is 2.00. The van der Waals surface area contributed by atoms with Gasteiger partial charge in [-0.05, 0) is 36.4 Å². The monoisotopic (exact) mass is 480 g/mol. The number of rotatable bonds is 6. The van der Waals surface area contributed by atoms with E-state index in [0.29, 0.717) is 44.3 Å². The molecule has 2 saturated heterocycles. The first-order valence-corrected chi connectivity index (χ1v) is 13.5. The maximum absolute atomic E-state index is 12.6. The second-order valence-electron chi connectivity index (χ2n) is 7.38. The van der Waals surface area contributed by atoms with Crippen LogP contribution < -0.4 is 0 Å². The van der Waals surface area contributed by atoms with E-state index in [1.807, 2.05) is 17.5 Å². The summed E-state index contributed by atoms with van der Waals surface area (Å²) < 4.78 is 26.6. The third kappa shape index (κ3) is 5.11. The van der Waals surface area contributed by atoms with Crippen molar-refractivity contribution in [3.63, 3.8) is 0 Å². The minimum Gasteiger partial charge on any atom is -0.338 e. The second kappa shape index (κ2) is 9.68. The lowest BCUT2D eigenvalue weighted by molar-refractivity contribution is -0.129. The van der Waals surface area contributed by atoms with Gasteiger partial charge in [0.1, 0.15) is 4.90 Å². The molecular weight excluding hydrogens is 456 g/mol. The number of amides is 2. The van der Waals surface area contributed by atoms with Gasteiger partial charge in [0, 0.05) is 45.5 Å². The summed E-state index contributed by atoms with van der Waals surface area (Å²) >= 11 is 2.71. The molecule has 2 aromatic heterocycles. The molecule has 0 radical (unpaired) electrons. The van der Waals surface area contributed by atoms with Crippen LogP contribution in [-0.2, 0) is 14.8 Å². The number of pyridine rings is 1. The maximum Gasteiger partial charge on any atom is 0.264 e. The van der Waals surface area contributed by atoms with E-state index in [1.165, 1.54) is 33.6 Å². The zero-order valence-electron chi connectivity index (χ0n) is 17.0. The zero-order valence-corrected chi connectivity index (χ0v) is 19.4. The van der Waals surface area contributed by atoms with E-state index in [4.69, 9.17) is 0 Å². The summed E-state index contributed by atoms with van der Waals surface area (Å²) in [6.45, 7) is 3.18. The lowest BCUT2D eigenvalue weighted by atomic mass is 10.3. The highest BCUT2D eigenvalue weighted by atomic mass is 32.2. The van der Waals surface area contributed by atoms with Gasteiger partial charge in [-0.1, -0.05) is 17.8 Å². The minimum atomic E-state index is -3.48. The molecule has 0 bridgehead atoms. The molecule has 4 rings (SSSR count). The third-order valence-electron chi connectivity index (χ3n) is 5.41. The Kier molecular flexibility index (Phi) is 6.95. The molecule has 2 aliphatic heterocycles. The summed E-state index contributed by atoms with van der Waals surface area (Å²) in [4.78, 5) is 33.6. The SMILES string of the molecule is O=C(CSc1ccc(S(=O)(=O)N2CCCC2)cn1)N1CCN(C(=O)c2cccs2)CC1. The van der Waals surface area contributed by atoms with Crippen LogP contribution in [0.2, 0.25) is 0 Å². The van der Waals surface area contributed by atoms with Crippen molar-refractivity contribution >= 4 is 44.9 Å². The largest absolute Gasteiger partial charge is 0.338 e. The normalized spacial score (nSPS) is 17.8. The van der Waals surface area contributed by atoms with Crippen molar-refractivity contribution in [1.82, 2.24) is 19.1 Å². The Morgan fingerprint density at radius 3 is 2.32 bits per heavy atom. The van der Waals surface area contributed by atoms with Gasteiger partial charge in [-0.15, -0.1) is 11.3 Å². The zero-order chi connectivity index (χ0) is 21.8. The van der Waals surface area contributed by atoms with Crippen molar-refractivity contribution in [1.29, 1.82) is 0 Å². The Morgan fingerprint density at radius 1 is 1.00 bits per heavy atom. The Morgan fingerprint density at radius 2 is 1.71 bits per heavy atom. The fourth-order valence-corrected chi connectivity index (χ4v) is 6.52. The van der Waals surface area contributed by atoms with E-state index in [-0.39, 0.29) is 22.5 Å². The molecule has 2 amide bonds. The van der Waals surface area contributed by atoms with Gasteiger partial charge in [0.05, 0.1) is 15.7 Å². The highest BCUT2D eigenvalue weighted by Gasteiger charge is 2.28. The fraction of sp³-hybridized carbons (Fsp3) is 0.450. The number of thioether (sulfide) groups is 1. The molecule has 2 aliphatic rings. The van der Waals surface area contributed by atoms with Crippen LogP contribution in [0, 0.1) is 0 Å². The van der Waals surface area contributed by atoms with Crippen LogP contribution in [0.25, 0.3) is 0 Å². The summed E-state index contributed by atoms with van der Waals surface area (Å²) in [5, 5.41) is 2.49. The third-order valence-corrected chi connectivity index (χ3v) is 9.08. The minimum absolute atomic E-state index is 0.0104. The van der Waals surface area contributed by atoms with Crippen LogP contribution in [-0.4, -0.2) is 84.3 Å². The summed E-state index contributed by atoms with van der Waals surface area (Å²) in [5.74, 6) is 0.234. The Balaban J connectivity index is 1.26. The van der Waals surface area contributed by atoms with Crippen LogP contribution >= 0.6 is 23.1 Å². The predicted molar refractivity (Wildman–Crippen MR) is 120 cm³/mol. The second-order valence-corrected chi connectivity index (χ2v) is 11.3. The first kappa shape index (κ1) is 22.3. The van der Waals surface area contributed by atoms with Crippen LogP contribution in [0.3, 0.4) is 0 Å². The molecule has 0 unspecified atom stereocenters. The Hall–Kier alpha value is -1.95. The van der Waals surface area contributed by atoms with Gasteiger partial charge in [0.2, 0.25) is 15.9 Å². The summed E-state index contributed by atoms with van der Waals surface area (Å²) in [7, 11) is -3.48. The molecule has 2 fully saturated rings. The Bertz CT molecular complexity index is 1010. The average Bonchev–Trinajstić information content (AvgIpc) is 3.52. The van der Waals surface area contributed by atoms with Crippen molar-refractivity contribution in [2.75, 3.05) is 45.0 Å². The van der Waals surface area contributed by atoms with E-state index in [9.17, 15) is 18.0 Å².